The first-order valence-corrected chi connectivity index (χ1v) is 10.8. The van der Waals surface area contributed by atoms with E-state index >= 15 is 0 Å². The van der Waals surface area contributed by atoms with Crippen molar-refractivity contribution in [2.24, 2.45) is 0 Å². The molecule has 0 radical (unpaired) electrons. The predicted octanol–water partition coefficient (Wildman–Crippen LogP) is 4.17. The van der Waals surface area contributed by atoms with Gasteiger partial charge >= 0.3 is 0 Å². The highest BCUT2D eigenvalue weighted by Gasteiger charge is 2.27. The van der Waals surface area contributed by atoms with Crippen LogP contribution in [0.2, 0.25) is 10.2 Å². The van der Waals surface area contributed by atoms with Crippen LogP contribution in [0.5, 0.6) is 0 Å². The van der Waals surface area contributed by atoms with Gasteiger partial charge in [0.2, 0.25) is 0 Å². The van der Waals surface area contributed by atoms with E-state index in [9.17, 15) is 9.59 Å². The largest absolute Gasteiger partial charge is 0.472 e. The number of rotatable bonds is 5. The maximum absolute atomic E-state index is 12.9. The lowest BCUT2D eigenvalue weighted by molar-refractivity contribution is 0.0697. The zero-order valence-electron chi connectivity index (χ0n) is 17.0. The van der Waals surface area contributed by atoms with Crippen LogP contribution < -0.4 is 5.32 Å². The molecule has 2 aromatic heterocycles. The lowest BCUT2D eigenvalue weighted by atomic mass is 10.0. The van der Waals surface area contributed by atoms with Crippen LogP contribution in [0.3, 0.4) is 0 Å². The van der Waals surface area contributed by atoms with Crippen molar-refractivity contribution in [3.05, 3.63) is 75.4 Å². The van der Waals surface area contributed by atoms with Crippen LogP contribution in [0, 0.1) is 6.92 Å². The van der Waals surface area contributed by atoms with E-state index in [0.29, 0.717) is 54.3 Å². The fraction of sp³-hybridized carbons (Fsp3) is 0.318. The fourth-order valence-corrected chi connectivity index (χ4v) is 4.27. The van der Waals surface area contributed by atoms with E-state index in [1.165, 1.54) is 12.5 Å². The first kappa shape index (κ1) is 21.5. The molecule has 0 unspecified atom stereocenters. The topological polar surface area (TPSA) is 80.4 Å². The lowest BCUT2D eigenvalue weighted by Gasteiger charge is -2.32. The molecule has 3 aromatic rings. The molecule has 9 heteroatoms. The summed E-state index contributed by atoms with van der Waals surface area (Å²) in [6.07, 6.45) is 4.26. The zero-order valence-corrected chi connectivity index (χ0v) is 18.5. The molecule has 0 spiro atoms. The summed E-state index contributed by atoms with van der Waals surface area (Å²) < 4.78 is 6.57. The maximum Gasteiger partial charge on any atom is 0.257 e. The van der Waals surface area contributed by atoms with Gasteiger partial charge in [0.05, 0.1) is 29.6 Å². The van der Waals surface area contributed by atoms with Crippen molar-refractivity contribution < 1.29 is 14.0 Å². The third kappa shape index (κ3) is 4.62. The number of hydrogen-bond acceptors (Lipinski definition) is 4. The van der Waals surface area contributed by atoms with E-state index in [2.05, 4.69) is 10.4 Å². The first-order chi connectivity index (χ1) is 14.9. The summed E-state index contributed by atoms with van der Waals surface area (Å²) in [5.74, 6) is -0.314. The molecule has 7 nitrogen and oxygen atoms in total. The van der Waals surface area contributed by atoms with Gasteiger partial charge in [-0.15, -0.1) is 0 Å². The molecule has 1 N–H and O–H groups in total. The van der Waals surface area contributed by atoms with Crippen LogP contribution in [0.1, 0.15) is 44.8 Å². The molecule has 1 aliphatic rings. The number of furan rings is 1. The standard InChI is InChI=1S/C22H22Cl2N4O3/c1-14-19(20(24)28(26-14)12-15-4-2-3-5-18(15)23)21(29)25-17-6-9-27(10-7-17)22(30)16-8-11-31-13-16/h2-5,8,11,13,17H,6-7,9-10,12H2,1H3,(H,25,29). The Hall–Kier alpha value is -2.77. The molecule has 0 atom stereocenters. The van der Waals surface area contributed by atoms with Crippen molar-refractivity contribution in [1.29, 1.82) is 0 Å². The van der Waals surface area contributed by atoms with Crippen molar-refractivity contribution in [2.75, 3.05) is 13.1 Å². The minimum absolute atomic E-state index is 0.0386. The molecule has 1 aromatic carbocycles. The highest BCUT2D eigenvalue weighted by Crippen LogP contribution is 2.24. The van der Waals surface area contributed by atoms with E-state index in [0.717, 1.165) is 5.56 Å². The number of likely N-dealkylation sites (tertiary alicyclic amines) is 1. The maximum atomic E-state index is 12.9. The molecule has 0 aliphatic carbocycles. The molecule has 1 saturated heterocycles. The second-order valence-corrected chi connectivity index (χ2v) is 8.32. The number of hydrogen-bond donors (Lipinski definition) is 1. The fourth-order valence-electron chi connectivity index (χ4n) is 3.76. The Balaban J connectivity index is 1.39. The van der Waals surface area contributed by atoms with E-state index in [-0.39, 0.29) is 23.0 Å². The van der Waals surface area contributed by atoms with Crippen molar-refractivity contribution in [1.82, 2.24) is 20.0 Å². The number of carbonyl (C=O) groups is 2. The van der Waals surface area contributed by atoms with Gasteiger partial charge in [-0.3, -0.25) is 9.59 Å². The average molecular weight is 461 g/mol. The second kappa shape index (κ2) is 9.16. The van der Waals surface area contributed by atoms with Crippen molar-refractivity contribution in [3.8, 4) is 0 Å². The van der Waals surface area contributed by atoms with Gasteiger partial charge in [-0.1, -0.05) is 41.4 Å². The lowest BCUT2D eigenvalue weighted by Crippen LogP contribution is -2.46. The van der Waals surface area contributed by atoms with Crippen LogP contribution in [0.4, 0.5) is 0 Å². The SMILES string of the molecule is Cc1nn(Cc2ccccc2Cl)c(Cl)c1C(=O)NC1CCN(C(=O)c2ccoc2)CC1. The molecular formula is C22H22Cl2N4O3. The summed E-state index contributed by atoms with van der Waals surface area (Å²) in [7, 11) is 0. The molecule has 162 valence electrons. The Bertz CT molecular complexity index is 1090. The van der Waals surface area contributed by atoms with Gasteiger partial charge in [0.25, 0.3) is 11.8 Å². The van der Waals surface area contributed by atoms with E-state index < -0.39 is 0 Å². The van der Waals surface area contributed by atoms with Gasteiger partial charge in [-0.25, -0.2) is 4.68 Å². The van der Waals surface area contributed by atoms with Gasteiger partial charge in [0, 0.05) is 24.2 Å². The van der Waals surface area contributed by atoms with Gasteiger partial charge in [0.15, 0.2) is 0 Å². The second-order valence-electron chi connectivity index (χ2n) is 7.55. The van der Waals surface area contributed by atoms with Gasteiger partial charge in [-0.05, 0) is 37.5 Å². The van der Waals surface area contributed by atoms with E-state index in [1.54, 1.807) is 28.6 Å². The highest BCUT2D eigenvalue weighted by molar-refractivity contribution is 6.33. The summed E-state index contributed by atoms with van der Waals surface area (Å²) in [6.45, 7) is 3.26. The van der Waals surface area contributed by atoms with Crippen molar-refractivity contribution >= 4 is 35.0 Å². The minimum atomic E-state index is -0.257. The number of carbonyl (C=O) groups excluding carboxylic acids is 2. The number of piperidine rings is 1. The quantitative estimate of drug-likeness (QED) is 0.619. The number of amides is 2. The van der Waals surface area contributed by atoms with Crippen molar-refractivity contribution in [3.63, 3.8) is 0 Å². The van der Waals surface area contributed by atoms with Gasteiger partial charge in [0.1, 0.15) is 11.4 Å². The molecular weight excluding hydrogens is 439 g/mol. The predicted molar refractivity (Wildman–Crippen MR) is 118 cm³/mol. The molecule has 3 heterocycles. The summed E-state index contributed by atoms with van der Waals surface area (Å²) in [5, 5.41) is 8.37. The van der Waals surface area contributed by atoms with Crippen LogP contribution in [0.25, 0.3) is 0 Å². The Morgan fingerprint density at radius 2 is 1.94 bits per heavy atom. The number of halogens is 2. The summed E-state index contributed by atoms with van der Waals surface area (Å²) in [5.41, 5.74) is 2.33. The summed E-state index contributed by atoms with van der Waals surface area (Å²) in [6, 6.07) is 9.06. The Kier molecular flexibility index (Phi) is 6.34. The molecule has 31 heavy (non-hydrogen) atoms. The van der Waals surface area contributed by atoms with E-state index in [1.807, 2.05) is 18.2 Å². The normalized spacial score (nSPS) is 14.6. The smallest absolute Gasteiger partial charge is 0.257 e. The van der Waals surface area contributed by atoms with Gasteiger partial charge in [-0.2, -0.15) is 5.10 Å². The molecule has 0 bridgehead atoms. The summed E-state index contributed by atoms with van der Waals surface area (Å²) in [4.78, 5) is 27.1. The number of benzene rings is 1. The van der Waals surface area contributed by atoms with Crippen LogP contribution in [-0.2, 0) is 6.54 Å². The molecule has 1 aliphatic heterocycles. The Morgan fingerprint density at radius 3 is 2.61 bits per heavy atom. The van der Waals surface area contributed by atoms with E-state index in [4.69, 9.17) is 27.6 Å². The monoisotopic (exact) mass is 460 g/mol. The third-order valence-corrected chi connectivity index (χ3v) is 6.21. The molecule has 0 saturated carbocycles. The zero-order chi connectivity index (χ0) is 22.0. The van der Waals surface area contributed by atoms with Crippen LogP contribution in [-0.4, -0.2) is 45.6 Å². The molecule has 2 amide bonds. The van der Waals surface area contributed by atoms with Gasteiger partial charge < -0.3 is 14.6 Å². The first-order valence-electron chi connectivity index (χ1n) is 10.0. The Morgan fingerprint density at radius 1 is 1.19 bits per heavy atom. The molecule has 4 rings (SSSR count). The Labute approximate surface area is 189 Å². The van der Waals surface area contributed by atoms with Crippen LogP contribution in [0.15, 0.2) is 47.3 Å². The molecule has 1 fully saturated rings. The minimum Gasteiger partial charge on any atom is -0.472 e. The highest BCUT2D eigenvalue weighted by atomic mass is 35.5. The number of aromatic nitrogens is 2. The van der Waals surface area contributed by atoms with Crippen molar-refractivity contribution in [2.45, 2.75) is 32.4 Å². The average Bonchev–Trinajstić information content (AvgIpc) is 3.38. The number of nitrogens with zero attached hydrogens (tertiary/aromatic N) is 3. The van der Waals surface area contributed by atoms with Crippen LogP contribution >= 0.6 is 23.2 Å². The number of aryl methyl sites for hydroxylation is 1. The third-order valence-electron chi connectivity index (χ3n) is 5.46. The number of nitrogens with one attached hydrogen (secondary N) is 1. The summed E-state index contributed by atoms with van der Waals surface area (Å²) >= 11 is 12.7.